The fraction of sp³-hybridized carbons (Fsp3) is 0.263. The number of aromatic nitrogens is 2. The highest BCUT2D eigenvalue weighted by atomic mass is 32.2. The molecule has 0 radical (unpaired) electrons. The molecule has 28 heavy (non-hydrogen) atoms. The van der Waals surface area contributed by atoms with Crippen LogP contribution in [0.4, 0.5) is 11.7 Å². The van der Waals surface area contributed by atoms with E-state index >= 15 is 0 Å². The molecule has 2 aromatic carbocycles. The summed E-state index contributed by atoms with van der Waals surface area (Å²) in [5.41, 5.74) is 2.69. The topological polar surface area (TPSA) is 106 Å². The summed E-state index contributed by atoms with van der Waals surface area (Å²) in [4.78, 5) is 8.65. The lowest BCUT2D eigenvalue weighted by atomic mass is 10.1. The number of nitrogens with two attached hydrogens (primary N) is 1. The van der Waals surface area contributed by atoms with E-state index in [4.69, 9.17) is 9.66 Å². The van der Waals surface area contributed by atoms with Crippen LogP contribution in [0.5, 0.6) is 0 Å². The van der Waals surface area contributed by atoms with Crippen LogP contribution in [0, 0.1) is 6.92 Å². The molecule has 146 valence electrons. The summed E-state index contributed by atoms with van der Waals surface area (Å²) in [7, 11) is -3.78. The van der Waals surface area contributed by atoms with Crippen LogP contribution < -0.4 is 14.9 Å². The lowest BCUT2D eigenvalue weighted by Gasteiger charge is -2.35. The van der Waals surface area contributed by atoms with E-state index in [2.05, 4.69) is 10.1 Å². The van der Waals surface area contributed by atoms with Crippen molar-refractivity contribution in [1.29, 1.82) is 0 Å². The van der Waals surface area contributed by atoms with Crippen molar-refractivity contribution in [2.75, 3.05) is 36.0 Å². The average Bonchev–Trinajstić information content (AvgIpc) is 3.18. The lowest BCUT2D eigenvalue weighted by Crippen LogP contribution is -2.47. The molecule has 1 aromatic heterocycles. The van der Waals surface area contributed by atoms with Gasteiger partial charge >= 0.3 is 6.01 Å². The smallest absolute Gasteiger partial charge is 0.324 e. The van der Waals surface area contributed by atoms with Gasteiger partial charge in [0, 0.05) is 31.7 Å². The Bertz CT molecular complexity index is 1070. The molecule has 0 aliphatic carbocycles. The van der Waals surface area contributed by atoms with Gasteiger partial charge in [0.15, 0.2) is 0 Å². The summed E-state index contributed by atoms with van der Waals surface area (Å²) in [5, 5.41) is 9.43. The Balaban J connectivity index is 1.48. The zero-order valence-electron chi connectivity index (χ0n) is 15.4. The van der Waals surface area contributed by atoms with E-state index in [0.717, 1.165) is 5.56 Å². The number of hydrogen-bond acceptors (Lipinski definition) is 7. The highest BCUT2D eigenvalue weighted by molar-refractivity contribution is 7.89. The molecule has 1 aliphatic rings. The first-order chi connectivity index (χ1) is 13.4. The highest BCUT2D eigenvalue weighted by Gasteiger charge is 2.25. The highest BCUT2D eigenvalue weighted by Crippen LogP contribution is 2.27. The first kappa shape index (κ1) is 18.5. The second-order valence-corrected chi connectivity index (χ2v) is 8.28. The number of piperazine rings is 1. The Morgan fingerprint density at radius 2 is 1.61 bits per heavy atom. The summed E-state index contributed by atoms with van der Waals surface area (Å²) in [6.45, 7) is 4.53. The van der Waals surface area contributed by atoms with E-state index in [9.17, 15) is 8.42 Å². The maximum absolute atomic E-state index is 11.8. The number of hydrogen-bond donors (Lipinski definition) is 1. The Hall–Kier alpha value is -2.91. The van der Waals surface area contributed by atoms with Crippen LogP contribution in [0.25, 0.3) is 11.4 Å². The molecular weight excluding hydrogens is 378 g/mol. The molecule has 1 aliphatic heterocycles. The molecule has 0 bridgehead atoms. The van der Waals surface area contributed by atoms with Crippen LogP contribution in [-0.4, -0.2) is 44.7 Å². The van der Waals surface area contributed by atoms with Crippen LogP contribution in [0.15, 0.2) is 57.9 Å². The molecule has 0 atom stereocenters. The molecule has 0 unspecified atom stereocenters. The minimum atomic E-state index is -3.78. The summed E-state index contributed by atoms with van der Waals surface area (Å²) in [6, 6.07) is 15.2. The molecular formula is C19H21N5O3S. The first-order valence-electron chi connectivity index (χ1n) is 8.94. The normalized spacial score (nSPS) is 15.1. The van der Waals surface area contributed by atoms with Gasteiger partial charge in [-0.2, -0.15) is 4.98 Å². The van der Waals surface area contributed by atoms with Gasteiger partial charge in [-0.25, -0.2) is 13.6 Å². The quantitative estimate of drug-likeness (QED) is 0.715. The zero-order valence-corrected chi connectivity index (χ0v) is 16.3. The number of primary sulfonamides is 1. The standard InChI is InChI=1S/C19H21N5O3S/c1-14-6-8-15(9-7-14)18-21-19(27-22-18)24-12-10-23(11-13-24)16-4-2-3-5-17(16)28(20,25)26/h2-9H,10-13H2,1H3,(H2,20,25,26). The lowest BCUT2D eigenvalue weighted by molar-refractivity contribution is 0.409. The number of para-hydroxylation sites is 1. The summed E-state index contributed by atoms with van der Waals surface area (Å²) >= 11 is 0. The third-order valence-corrected chi connectivity index (χ3v) is 5.75. The number of benzene rings is 2. The van der Waals surface area contributed by atoms with Gasteiger partial charge in [0.1, 0.15) is 4.90 Å². The molecule has 1 saturated heterocycles. The van der Waals surface area contributed by atoms with Gasteiger partial charge < -0.3 is 14.3 Å². The van der Waals surface area contributed by atoms with Gasteiger partial charge in [-0.1, -0.05) is 47.1 Å². The van der Waals surface area contributed by atoms with E-state index in [-0.39, 0.29) is 4.90 Å². The fourth-order valence-electron chi connectivity index (χ4n) is 3.26. The predicted octanol–water partition coefficient (Wildman–Crippen LogP) is 2.02. The van der Waals surface area contributed by atoms with Crippen molar-refractivity contribution in [3.8, 4) is 11.4 Å². The Labute approximate surface area is 163 Å². The molecule has 0 spiro atoms. The number of rotatable bonds is 4. The molecule has 8 nitrogen and oxygen atoms in total. The van der Waals surface area contributed by atoms with Crippen molar-refractivity contribution < 1.29 is 12.9 Å². The van der Waals surface area contributed by atoms with Crippen LogP contribution in [0.3, 0.4) is 0 Å². The second kappa shape index (κ2) is 7.25. The number of sulfonamides is 1. The molecule has 3 aromatic rings. The van der Waals surface area contributed by atoms with Gasteiger partial charge in [-0.05, 0) is 19.1 Å². The monoisotopic (exact) mass is 399 g/mol. The molecule has 1 fully saturated rings. The number of aryl methyl sites for hydroxylation is 1. The maximum Gasteiger partial charge on any atom is 0.324 e. The SMILES string of the molecule is Cc1ccc(-c2noc(N3CCN(c4ccccc4S(N)(=O)=O)CC3)n2)cc1. The van der Waals surface area contributed by atoms with Crippen molar-refractivity contribution >= 4 is 21.7 Å². The van der Waals surface area contributed by atoms with Gasteiger partial charge in [0.05, 0.1) is 5.69 Å². The van der Waals surface area contributed by atoms with Crippen molar-refractivity contribution in [3.05, 3.63) is 54.1 Å². The molecule has 4 rings (SSSR count). The molecule has 2 N–H and O–H groups in total. The van der Waals surface area contributed by atoms with Crippen LogP contribution in [0.1, 0.15) is 5.56 Å². The van der Waals surface area contributed by atoms with Gasteiger partial charge in [-0.15, -0.1) is 0 Å². The Morgan fingerprint density at radius 1 is 0.964 bits per heavy atom. The van der Waals surface area contributed by atoms with E-state index in [0.29, 0.717) is 43.7 Å². The van der Waals surface area contributed by atoms with E-state index in [1.807, 2.05) is 47.1 Å². The summed E-state index contributed by atoms with van der Waals surface area (Å²) in [5.74, 6) is 0.553. The van der Waals surface area contributed by atoms with E-state index < -0.39 is 10.0 Å². The summed E-state index contributed by atoms with van der Waals surface area (Å²) in [6.07, 6.45) is 0. The Morgan fingerprint density at radius 3 is 2.29 bits per heavy atom. The van der Waals surface area contributed by atoms with Crippen LogP contribution >= 0.6 is 0 Å². The minimum absolute atomic E-state index is 0.142. The average molecular weight is 399 g/mol. The molecule has 2 heterocycles. The van der Waals surface area contributed by atoms with Crippen molar-refractivity contribution in [3.63, 3.8) is 0 Å². The zero-order chi connectivity index (χ0) is 19.7. The maximum atomic E-state index is 11.8. The van der Waals surface area contributed by atoms with Crippen molar-refractivity contribution in [2.45, 2.75) is 11.8 Å². The molecule has 0 amide bonds. The van der Waals surface area contributed by atoms with Crippen molar-refractivity contribution in [1.82, 2.24) is 10.1 Å². The first-order valence-corrected chi connectivity index (χ1v) is 10.5. The van der Waals surface area contributed by atoms with E-state index in [1.54, 1.807) is 12.1 Å². The fourth-order valence-corrected chi connectivity index (χ4v) is 4.02. The Kier molecular flexibility index (Phi) is 4.78. The third-order valence-electron chi connectivity index (χ3n) is 4.79. The number of nitrogens with zero attached hydrogens (tertiary/aromatic N) is 4. The van der Waals surface area contributed by atoms with Crippen LogP contribution in [-0.2, 0) is 10.0 Å². The molecule has 9 heteroatoms. The van der Waals surface area contributed by atoms with Gasteiger partial charge in [0.25, 0.3) is 0 Å². The largest absolute Gasteiger partial charge is 0.367 e. The number of anilines is 2. The van der Waals surface area contributed by atoms with Gasteiger partial charge in [-0.3, -0.25) is 0 Å². The third kappa shape index (κ3) is 3.71. The summed E-state index contributed by atoms with van der Waals surface area (Å²) < 4.78 is 29.1. The van der Waals surface area contributed by atoms with E-state index in [1.165, 1.54) is 11.6 Å². The van der Waals surface area contributed by atoms with Crippen LogP contribution in [0.2, 0.25) is 0 Å². The second-order valence-electron chi connectivity index (χ2n) is 6.75. The van der Waals surface area contributed by atoms with Gasteiger partial charge in [0.2, 0.25) is 15.8 Å². The minimum Gasteiger partial charge on any atom is -0.367 e. The van der Waals surface area contributed by atoms with Crippen molar-refractivity contribution in [2.24, 2.45) is 5.14 Å². The predicted molar refractivity (Wildman–Crippen MR) is 107 cm³/mol. The molecule has 0 saturated carbocycles.